The number of hydrogen-bond donors (Lipinski definition) is 2. The van der Waals surface area contributed by atoms with Crippen LogP contribution in [0.4, 0.5) is 5.69 Å². The molecule has 3 amide bonds. The van der Waals surface area contributed by atoms with Crippen LogP contribution >= 0.6 is 0 Å². The topological polar surface area (TPSA) is 85.5 Å². The number of hydrogen-bond acceptors (Lipinski definition) is 4. The maximum Gasteiger partial charge on any atom is 0.252 e. The van der Waals surface area contributed by atoms with Crippen LogP contribution in [0.3, 0.4) is 0 Å². The molecule has 3 aliphatic rings. The van der Waals surface area contributed by atoms with Gasteiger partial charge in [0.1, 0.15) is 5.54 Å². The van der Waals surface area contributed by atoms with E-state index in [0.29, 0.717) is 6.42 Å². The smallest absolute Gasteiger partial charge is 0.252 e. The average Bonchev–Trinajstić information content (AvgIpc) is 3.49. The zero-order valence-electron chi connectivity index (χ0n) is 18.8. The minimum absolute atomic E-state index is 0.174. The van der Waals surface area contributed by atoms with Crippen LogP contribution in [-0.4, -0.2) is 46.7 Å². The van der Waals surface area contributed by atoms with Crippen LogP contribution in [0.2, 0.25) is 0 Å². The number of carbonyl (C=O) groups excluding carboxylic acids is 3. The second-order valence-electron chi connectivity index (χ2n) is 9.65. The highest BCUT2D eigenvalue weighted by atomic mass is 16.2. The van der Waals surface area contributed by atoms with Gasteiger partial charge in [0.2, 0.25) is 11.8 Å². The third-order valence-electron chi connectivity index (χ3n) is 7.66. The van der Waals surface area contributed by atoms with Crippen molar-refractivity contribution in [3.05, 3.63) is 65.9 Å². The van der Waals surface area contributed by atoms with Crippen LogP contribution < -0.4 is 10.2 Å². The van der Waals surface area contributed by atoms with E-state index in [4.69, 9.17) is 0 Å². The second kappa shape index (κ2) is 6.78. The number of imide groups is 1. The Labute approximate surface area is 191 Å². The molecular weight excluding hydrogens is 416 g/mol. The molecule has 168 valence electrons. The number of benzene rings is 2. The quantitative estimate of drug-likeness (QED) is 0.611. The number of fused-ring (bicyclic) bond motifs is 5. The molecule has 0 unspecified atom stereocenters. The van der Waals surface area contributed by atoms with Crippen molar-refractivity contribution in [1.82, 2.24) is 15.2 Å². The van der Waals surface area contributed by atoms with Crippen molar-refractivity contribution >= 4 is 34.3 Å². The summed E-state index contributed by atoms with van der Waals surface area (Å²) in [7, 11) is 1.74. The Morgan fingerprint density at radius 3 is 2.52 bits per heavy atom. The number of amides is 3. The van der Waals surface area contributed by atoms with Crippen molar-refractivity contribution in [3.63, 3.8) is 0 Å². The summed E-state index contributed by atoms with van der Waals surface area (Å²) in [6, 6.07) is 15.0. The number of likely N-dealkylation sites (tertiary alicyclic amines) is 1. The number of para-hydroxylation sites is 2. The van der Waals surface area contributed by atoms with Crippen LogP contribution in [0.15, 0.2) is 54.7 Å². The summed E-state index contributed by atoms with van der Waals surface area (Å²) in [5.74, 6) is -1.98. The molecule has 0 saturated carbocycles. The molecule has 0 radical (unpaired) electrons. The molecule has 4 atom stereocenters. The van der Waals surface area contributed by atoms with Gasteiger partial charge in [-0.05, 0) is 38.0 Å². The average molecular weight is 443 g/mol. The van der Waals surface area contributed by atoms with Gasteiger partial charge in [0.25, 0.3) is 5.91 Å². The zero-order valence-corrected chi connectivity index (χ0v) is 18.8. The number of anilines is 1. The highest BCUT2D eigenvalue weighted by Crippen LogP contribution is 2.54. The van der Waals surface area contributed by atoms with Crippen molar-refractivity contribution in [2.45, 2.75) is 37.9 Å². The normalized spacial score (nSPS) is 28.6. The predicted octanol–water partition coefficient (Wildman–Crippen LogP) is 2.56. The van der Waals surface area contributed by atoms with Crippen molar-refractivity contribution in [3.8, 4) is 0 Å². The Kier molecular flexibility index (Phi) is 4.14. The number of carbonyl (C=O) groups is 3. The Bertz CT molecular complexity index is 1330. The first kappa shape index (κ1) is 20.2. The fourth-order valence-electron chi connectivity index (χ4n) is 6.30. The van der Waals surface area contributed by atoms with E-state index >= 15 is 0 Å². The molecule has 0 aliphatic carbocycles. The number of likely N-dealkylation sites (N-methyl/N-ethyl adjacent to an activating group) is 1. The fourth-order valence-corrected chi connectivity index (χ4v) is 6.30. The molecule has 4 heterocycles. The van der Waals surface area contributed by atoms with E-state index in [1.807, 2.05) is 62.5 Å². The highest BCUT2D eigenvalue weighted by Gasteiger charge is 2.71. The van der Waals surface area contributed by atoms with Crippen LogP contribution in [0, 0.1) is 11.8 Å². The molecule has 6 rings (SSSR count). The number of aromatic nitrogens is 1. The van der Waals surface area contributed by atoms with Gasteiger partial charge in [-0.25, -0.2) is 0 Å². The van der Waals surface area contributed by atoms with Crippen LogP contribution in [0.1, 0.15) is 25.0 Å². The number of nitrogens with one attached hydrogen (secondary N) is 2. The summed E-state index contributed by atoms with van der Waals surface area (Å²) in [5, 5.41) is 4.64. The van der Waals surface area contributed by atoms with Gasteiger partial charge >= 0.3 is 0 Å². The SMILES string of the molecule is CC(C)N1C(=O)[C@@H]2[C@H](Cc3c[nH]c4ccccc34)N[C@]3(C(=O)N(C)c4ccccc43)[C@H]2C1=O. The fraction of sp³-hybridized carbons (Fsp3) is 0.346. The Morgan fingerprint density at radius 1 is 1.00 bits per heavy atom. The predicted molar refractivity (Wildman–Crippen MR) is 124 cm³/mol. The van der Waals surface area contributed by atoms with Crippen LogP contribution in [0.25, 0.3) is 10.9 Å². The molecule has 2 saturated heterocycles. The summed E-state index contributed by atoms with van der Waals surface area (Å²) >= 11 is 0. The summed E-state index contributed by atoms with van der Waals surface area (Å²) in [5.41, 5.74) is 2.42. The van der Waals surface area contributed by atoms with Gasteiger partial charge in [-0.3, -0.25) is 24.6 Å². The van der Waals surface area contributed by atoms with E-state index in [1.165, 1.54) is 4.90 Å². The number of H-pyrrole nitrogens is 1. The lowest BCUT2D eigenvalue weighted by Crippen LogP contribution is -2.55. The minimum atomic E-state index is -1.23. The molecule has 3 aromatic rings. The number of nitrogens with zero attached hydrogens (tertiary/aromatic N) is 2. The molecule has 0 bridgehead atoms. The van der Waals surface area contributed by atoms with Gasteiger partial charge in [-0.15, -0.1) is 0 Å². The standard InChI is InChI=1S/C26H26N4O3/c1-14(2)30-23(31)21-19(12-15-13-27-18-10-6-4-8-16(15)18)28-26(22(21)24(30)32)17-9-5-7-11-20(17)29(3)25(26)33/h4-11,13-14,19,21-22,27-28H,12H2,1-3H3/t19-,21+,22+,26-/m0/s1. The Hall–Kier alpha value is -3.45. The number of aromatic amines is 1. The molecule has 33 heavy (non-hydrogen) atoms. The summed E-state index contributed by atoms with van der Waals surface area (Å²) in [6.07, 6.45) is 2.50. The molecule has 1 spiro atoms. The molecule has 1 aromatic heterocycles. The van der Waals surface area contributed by atoms with E-state index < -0.39 is 17.4 Å². The van der Waals surface area contributed by atoms with Crippen molar-refractivity contribution in [1.29, 1.82) is 0 Å². The monoisotopic (exact) mass is 442 g/mol. The van der Waals surface area contributed by atoms with Crippen LogP contribution in [-0.2, 0) is 26.3 Å². The first-order chi connectivity index (χ1) is 15.9. The Balaban J connectivity index is 1.51. The molecule has 3 aliphatic heterocycles. The summed E-state index contributed by atoms with van der Waals surface area (Å²) in [6.45, 7) is 3.70. The summed E-state index contributed by atoms with van der Waals surface area (Å²) < 4.78 is 0. The van der Waals surface area contributed by atoms with Gasteiger partial charge in [0.15, 0.2) is 0 Å². The molecular formula is C26H26N4O3. The van der Waals surface area contributed by atoms with Gasteiger partial charge in [-0.2, -0.15) is 0 Å². The van der Waals surface area contributed by atoms with E-state index in [1.54, 1.807) is 11.9 Å². The lowest BCUT2D eigenvalue weighted by atomic mass is 9.76. The van der Waals surface area contributed by atoms with Crippen molar-refractivity contribution in [2.24, 2.45) is 11.8 Å². The van der Waals surface area contributed by atoms with Gasteiger partial charge in [0.05, 0.1) is 11.8 Å². The third kappa shape index (κ3) is 2.45. The molecule has 2 fully saturated rings. The maximum atomic E-state index is 13.8. The Morgan fingerprint density at radius 2 is 1.73 bits per heavy atom. The van der Waals surface area contributed by atoms with Gasteiger partial charge in [-0.1, -0.05) is 36.4 Å². The van der Waals surface area contributed by atoms with Crippen molar-refractivity contribution < 1.29 is 14.4 Å². The van der Waals surface area contributed by atoms with E-state index in [-0.39, 0.29) is 29.8 Å². The summed E-state index contributed by atoms with van der Waals surface area (Å²) in [4.78, 5) is 47.4. The van der Waals surface area contributed by atoms with E-state index in [0.717, 1.165) is 27.7 Å². The first-order valence-corrected chi connectivity index (χ1v) is 11.4. The number of rotatable bonds is 3. The van der Waals surface area contributed by atoms with Gasteiger partial charge < -0.3 is 9.88 Å². The first-order valence-electron chi connectivity index (χ1n) is 11.4. The molecule has 2 N–H and O–H groups in total. The van der Waals surface area contributed by atoms with Crippen molar-refractivity contribution in [2.75, 3.05) is 11.9 Å². The largest absolute Gasteiger partial charge is 0.361 e. The highest BCUT2D eigenvalue weighted by molar-refractivity contribution is 6.16. The molecule has 7 nitrogen and oxygen atoms in total. The lowest BCUT2D eigenvalue weighted by Gasteiger charge is -2.31. The molecule has 7 heteroatoms. The second-order valence-corrected chi connectivity index (χ2v) is 9.65. The van der Waals surface area contributed by atoms with Gasteiger partial charge in [0, 0.05) is 47.5 Å². The molecule has 2 aromatic carbocycles. The van der Waals surface area contributed by atoms with Crippen LogP contribution in [0.5, 0.6) is 0 Å². The third-order valence-corrected chi connectivity index (χ3v) is 7.66. The maximum absolute atomic E-state index is 13.8. The van der Waals surface area contributed by atoms with E-state index in [2.05, 4.69) is 16.4 Å². The van der Waals surface area contributed by atoms with E-state index in [9.17, 15) is 14.4 Å². The minimum Gasteiger partial charge on any atom is -0.361 e. The lowest BCUT2D eigenvalue weighted by molar-refractivity contribution is -0.144. The zero-order chi connectivity index (χ0) is 23.1.